The summed E-state index contributed by atoms with van der Waals surface area (Å²) in [4.78, 5) is 14.9. The van der Waals surface area contributed by atoms with Gasteiger partial charge in [-0.15, -0.1) is 0 Å². The normalized spacial score (nSPS) is 28.9. The summed E-state index contributed by atoms with van der Waals surface area (Å²) < 4.78 is 11.6. The first-order valence-electron chi connectivity index (χ1n) is 14.2. The molecule has 38 heavy (non-hydrogen) atoms. The number of aryl methyl sites for hydroxylation is 1. The molecule has 0 amide bonds. The zero-order valence-electron chi connectivity index (χ0n) is 22.2. The smallest absolute Gasteiger partial charge is 0.337 e. The van der Waals surface area contributed by atoms with Crippen molar-refractivity contribution in [3.05, 3.63) is 70.3 Å². The van der Waals surface area contributed by atoms with Crippen LogP contribution in [0.1, 0.15) is 66.4 Å². The van der Waals surface area contributed by atoms with Crippen molar-refractivity contribution in [1.82, 2.24) is 0 Å². The van der Waals surface area contributed by atoms with E-state index in [1.807, 2.05) is 18.2 Å². The molecule has 1 fully saturated rings. The molecule has 0 bridgehead atoms. The molecule has 0 unspecified atom stereocenters. The summed E-state index contributed by atoms with van der Waals surface area (Å²) >= 11 is 6.39. The predicted molar refractivity (Wildman–Crippen MR) is 150 cm³/mol. The van der Waals surface area contributed by atoms with Gasteiger partial charge < -0.3 is 19.5 Å². The quantitative estimate of drug-likeness (QED) is 0.357. The van der Waals surface area contributed by atoms with E-state index in [0.717, 1.165) is 80.9 Å². The van der Waals surface area contributed by atoms with Gasteiger partial charge in [0.15, 0.2) is 0 Å². The van der Waals surface area contributed by atoms with Crippen molar-refractivity contribution in [3.63, 3.8) is 0 Å². The number of carbonyl (C=O) groups excluding carboxylic acids is 1. The number of halogens is 1. The number of allylic oxidation sites excluding steroid dienone is 1. The number of methoxy groups -OCH3 is 1. The van der Waals surface area contributed by atoms with Gasteiger partial charge in [-0.3, -0.25) is 0 Å². The fourth-order valence-corrected chi connectivity index (χ4v) is 7.55. The first kappa shape index (κ1) is 25.8. The van der Waals surface area contributed by atoms with Gasteiger partial charge in [0.05, 0.1) is 31.1 Å². The van der Waals surface area contributed by atoms with Gasteiger partial charge in [-0.05, 0) is 105 Å². The number of benzene rings is 2. The molecule has 6 heteroatoms. The molecule has 3 aliphatic carbocycles. The number of nitrogens with zero attached hydrogens (tertiary/aromatic N) is 1. The largest absolute Gasteiger partial charge is 0.490 e. The van der Waals surface area contributed by atoms with Crippen molar-refractivity contribution in [3.8, 4) is 5.75 Å². The topological polar surface area (TPSA) is 59.0 Å². The Morgan fingerprint density at radius 3 is 2.87 bits per heavy atom. The van der Waals surface area contributed by atoms with Crippen LogP contribution in [0.25, 0.3) is 0 Å². The standard InChI is InChI=1S/C32H38ClNO4/c1-37-31(36)23-10-14-29-28(17-23)34(18-24-9-12-26(24)30(35)21-6-3-2-4-7-21)19-32(20-38-29)15-5-8-22-16-25(33)11-13-27(22)32/h3,6,10-11,13-14,16-17,21,24,26,30,35H,2,4-5,7-9,12,15,18-20H2,1H3/t21-,24-,26+,30-,32-/m0/s1. The van der Waals surface area contributed by atoms with E-state index in [9.17, 15) is 9.90 Å². The number of esters is 1. The molecule has 0 aromatic heterocycles. The molecule has 1 aliphatic heterocycles. The van der Waals surface area contributed by atoms with Crippen molar-refractivity contribution in [2.24, 2.45) is 17.8 Å². The number of rotatable bonds is 5. The fourth-order valence-electron chi connectivity index (χ4n) is 7.35. The van der Waals surface area contributed by atoms with Crippen molar-refractivity contribution in [2.75, 3.05) is 31.7 Å². The fraction of sp³-hybridized carbons (Fsp3) is 0.531. The molecule has 0 saturated heterocycles. The van der Waals surface area contributed by atoms with Gasteiger partial charge in [0.1, 0.15) is 5.75 Å². The Balaban J connectivity index is 1.34. The van der Waals surface area contributed by atoms with Gasteiger partial charge in [0.25, 0.3) is 0 Å². The number of carbonyl (C=O) groups is 1. The molecule has 0 radical (unpaired) electrons. The zero-order valence-corrected chi connectivity index (χ0v) is 23.0. The minimum Gasteiger partial charge on any atom is -0.490 e. The zero-order chi connectivity index (χ0) is 26.3. The third kappa shape index (κ3) is 4.73. The van der Waals surface area contributed by atoms with Crippen LogP contribution < -0.4 is 9.64 Å². The summed E-state index contributed by atoms with van der Waals surface area (Å²) in [6.07, 6.45) is 12.9. The lowest BCUT2D eigenvalue weighted by atomic mass is 9.66. The van der Waals surface area contributed by atoms with Crippen molar-refractivity contribution in [1.29, 1.82) is 0 Å². The van der Waals surface area contributed by atoms with E-state index in [2.05, 4.69) is 29.2 Å². The third-order valence-corrected chi connectivity index (χ3v) is 9.79. The Morgan fingerprint density at radius 2 is 2.11 bits per heavy atom. The molecule has 2 aromatic carbocycles. The predicted octanol–water partition coefficient (Wildman–Crippen LogP) is 6.34. The highest BCUT2D eigenvalue weighted by molar-refractivity contribution is 6.30. The van der Waals surface area contributed by atoms with E-state index >= 15 is 0 Å². The molecule has 1 heterocycles. The molecule has 6 rings (SSSR count). The lowest BCUT2D eigenvalue weighted by molar-refractivity contribution is -0.0131. The Morgan fingerprint density at radius 1 is 1.21 bits per heavy atom. The summed E-state index contributed by atoms with van der Waals surface area (Å²) in [7, 11) is 1.42. The maximum Gasteiger partial charge on any atom is 0.337 e. The molecular weight excluding hydrogens is 498 g/mol. The van der Waals surface area contributed by atoms with E-state index in [4.69, 9.17) is 21.1 Å². The lowest BCUT2D eigenvalue weighted by Gasteiger charge is -2.46. The SMILES string of the molecule is COC(=O)c1ccc2c(c1)N(C[C@@H]1CC[C@H]1[C@@H](O)[C@H]1C=CCCC1)C[C@@]1(CCCc3cc(Cl)ccc31)CO2. The van der Waals surface area contributed by atoms with Crippen molar-refractivity contribution < 1.29 is 19.4 Å². The summed E-state index contributed by atoms with van der Waals surface area (Å²) in [6, 6.07) is 12.0. The Labute approximate surface area is 230 Å². The van der Waals surface area contributed by atoms with Crippen molar-refractivity contribution >= 4 is 23.3 Å². The Kier molecular flexibility index (Phi) is 7.17. The highest BCUT2D eigenvalue weighted by atomic mass is 35.5. The second-order valence-corrected chi connectivity index (χ2v) is 12.2. The average Bonchev–Trinajstić information content (AvgIpc) is 3.08. The first-order chi connectivity index (χ1) is 18.5. The van der Waals surface area contributed by atoms with E-state index < -0.39 is 0 Å². The number of aliphatic hydroxyl groups is 1. The summed E-state index contributed by atoms with van der Waals surface area (Å²) in [5, 5.41) is 12.1. The van der Waals surface area contributed by atoms with E-state index in [-0.39, 0.29) is 23.4 Å². The summed E-state index contributed by atoms with van der Waals surface area (Å²) in [6.45, 7) is 2.23. The average molecular weight is 536 g/mol. The minimum absolute atomic E-state index is 0.160. The number of anilines is 1. The van der Waals surface area contributed by atoms with Crippen LogP contribution >= 0.6 is 11.6 Å². The second-order valence-electron chi connectivity index (χ2n) is 11.8. The maximum absolute atomic E-state index is 12.5. The minimum atomic E-state index is -0.342. The van der Waals surface area contributed by atoms with Gasteiger partial charge in [-0.25, -0.2) is 4.79 Å². The van der Waals surface area contributed by atoms with Crippen LogP contribution in [-0.2, 0) is 16.6 Å². The second kappa shape index (κ2) is 10.6. The number of aliphatic hydroxyl groups excluding tert-OH is 1. The molecule has 2 aromatic rings. The van der Waals surface area contributed by atoms with Gasteiger partial charge in [-0.2, -0.15) is 0 Å². The molecule has 5 nitrogen and oxygen atoms in total. The monoisotopic (exact) mass is 535 g/mol. The van der Waals surface area contributed by atoms with E-state index in [1.165, 1.54) is 18.2 Å². The third-order valence-electron chi connectivity index (χ3n) is 9.56. The summed E-state index contributed by atoms with van der Waals surface area (Å²) in [5.41, 5.74) is 3.96. The lowest BCUT2D eigenvalue weighted by Crippen LogP contribution is -2.50. The van der Waals surface area contributed by atoms with Crippen LogP contribution in [0.5, 0.6) is 5.75 Å². The van der Waals surface area contributed by atoms with Crippen LogP contribution in [0.15, 0.2) is 48.6 Å². The number of hydrogen-bond donors (Lipinski definition) is 1. The number of ether oxygens (including phenoxy) is 2. The van der Waals surface area contributed by atoms with Gasteiger partial charge in [-0.1, -0.05) is 29.8 Å². The van der Waals surface area contributed by atoms with E-state index in [0.29, 0.717) is 24.0 Å². The van der Waals surface area contributed by atoms with Crippen LogP contribution in [0.3, 0.4) is 0 Å². The maximum atomic E-state index is 12.5. The highest BCUT2D eigenvalue weighted by Gasteiger charge is 2.45. The Hall–Kier alpha value is -2.50. The Bertz CT molecular complexity index is 1230. The van der Waals surface area contributed by atoms with Gasteiger partial charge in [0, 0.05) is 29.4 Å². The molecule has 5 atom stereocenters. The number of fused-ring (bicyclic) bond motifs is 3. The molecule has 1 N–H and O–H groups in total. The summed E-state index contributed by atoms with van der Waals surface area (Å²) in [5.74, 6) is 1.43. The molecular formula is C32H38ClNO4. The molecule has 1 saturated carbocycles. The first-order valence-corrected chi connectivity index (χ1v) is 14.6. The molecule has 1 spiro atoms. The van der Waals surface area contributed by atoms with Gasteiger partial charge in [0.2, 0.25) is 0 Å². The van der Waals surface area contributed by atoms with Crippen LogP contribution in [-0.4, -0.2) is 44.0 Å². The van der Waals surface area contributed by atoms with Crippen LogP contribution in [0, 0.1) is 17.8 Å². The molecule has 4 aliphatic rings. The number of hydrogen-bond acceptors (Lipinski definition) is 5. The van der Waals surface area contributed by atoms with Crippen LogP contribution in [0.4, 0.5) is 5.69 Å². The van der Waals surface area contributed by atoms with E-state index in [1.54, 1.807) is 6.07 Å². The molecule has 202 valence electrons. The van der Waals surface area contributed by atoms with Crippen LogP contribution in [0.2, 0.25) is 5.02 Å². The highest BCUT2D eigenvalue weighted by Crippen LogP contribution is 2.47. The van der Waals surface area contributed by atoms with Crippen molar-refractivity contribution in [2.45, 2.75) is 62.9 Å². The van der Waals surface area contributed by atoms with Gasteiger partial charge >= 0.3 is 5.97 Å².